The van der Waals surface area contributed by atoms with Gasteiger partial charge in [0.05, 0.1) is 0 Å². The Kier molecular flexibility index (Phi) is 5.51. The third kappa shape index (κ3) is 3.84. The second kappa shape index (κ2) is 8.08. The molecule has 0 aliphatic carbocycles. The number of rotatable bonds is 3. The number of anilines is 1. The van der Waals surface area contributed by atoms with Crippen molar-refractivity contribution >= 4 is 17.7 Å². The molecule has 6 heteroatoms. The highest BCUT2D eigenvalue weighted by molar-refractivity contribution is 5.94. The number of amides is 2. The second-order valence-electron chi connectivity index (χ2n) is 8.56. The number of terminal acetylenes is 1. The zero-order valence-corrected chi connectivity index (χ0v) is 17.1. The molecule has 4 rings (SSSR count). The van der Waals surface area contributed by atoms with Crippen molar-refractivity contribution in [3.63, 3.8) is 0 Å². The summed E-state index contributed by atoms with van der Waals surface area (Å²) >= 11 is 0. The summed E-state index contributed by atoms with van der Waals surface area (Å²) in [6.45, 7) is 7.04. The number of fused-ring (bicyclic) bond motifs is 2. The summed E-state index contributed by atoms with van der Waals surface area (Å²) < 4.78 is 5.04. The SMILES string of the molecule is C#CCOC(=O)N1CC[C@H](CN2CCC3(CC2)CN(C(C)=O)c2ccccc23)C1. The van der Waals surface area contributed by atoms with Gasteiger partial charge in [0, 0.05) is 44.2 Å². The Hall–Kier alpha value is -2.52. The summed E-state index contributed by atoms with van der Waals surface area (Å²) in [5.74, 6) is 2.94. The van der Waals surface area contributed by atoms with Crippen LogP contribution in [-0.2, 0) is 14.9 Å². The normalized spacial score (nSPS) is 23.1. The zero-order valence-electron chi connectivity index (χ0n) is 17.1. The first kappa shape index (κ1) is 19.8. The molecular formula is C23H29N3O3. The van der Waals surface area contributed by atoms with Crippen LogP contribution in [-0.4, -0.2) is 67.7 Å². The van der Waals surface area contributed by atoms with E-state index in [1.807, 2.05) is 11.0 Å². The molecule has 2 saturated heterocycles. The van der Waals surface area contributed by atoms with Gasteiger partial charge in [-0.25, -0.2) is 4.79 Å². The van der Waals surface area contributed by atoms with Crippen molar-refractivity contribution in [2.45, 2.75) is 31.6 Å². The smallest absolute Gasteiger partial charge is 0.410 e. The Morgan fingerprint density at radius 3 is 2.72 bits per heavy atom. The predicted octanol–water partition coefficient (Wildman–Crippen LogP) is 2.48. The summed E-state index contributed by atoms with van der Waals surface area (Å²) in [5, 5.41) is 0. The molecule has 0 N–H and O–H groups in total. The van der Waals surface area contributed by atoms with E-state index >= 15 is 0 Å². The molecule has 29 heavy (non-hydrogen) atoms. The molecule has 1 aromatic rings. The van der Waals surface area contributed by atoms with Gasteiger partial charge in [0.15, 0.2) is 6.61 Å². The minimum atomic E-state index is -0.296. The molecular weight excluding hydrogens is 366 g/mol. The van der Waals surface area contributed by atoms with Gasteiger partial charge in [0.25, 0.3) is 0 Å². The lowest BCUT2D eigenvalue weighted by Gasteiger charge is -2.40. The molecule has 0 unspecified atom stereocenters. The Labute approximate surface area is 172 Å². The molecule has 1 atom stereocenters. The number of nitrogens with zero attached hydrogens (tertiary/aromatic N) is 3. The third-order valence-corrected chi connectivity index (χ3v) is 6.76. The van der Waals surface area contributed by atoms with Crippen LogP contribution in [0.2, 0.25) is 0 Å². The Balaban J connectivity index is 1.33. The van der Waals surface area contributed by atoms with E-state index in [-0.39, 0.29) is 24.0 Å². The molecule has 0 bridgehead atoms. The number of likely N-dealkylation sites (tertiary alicyclic amines) is 2. The van der Waals surface area contributed by atoms with Crippen molar-refractivity contribution in [1.29, 1.82) is 0 Å². The first-order valence-electron chi connectivity index (χ1n) is 10.5. The molecule has 6 nitrogen and oxygen atoms in total. The predicted molar refractivity (Wildman–Crippen MR) is 112 cm³/mol. The summed E-state index contributed by atoms with van der Waals surface area (Å²) in [7, 11) is 0. The molecule has 1 spiro atoms. The minimum Gasteiger partial charge on any atom is -0.436 e. The average Bonchev–Trinajstić information content (AvgIpc) is 3.32. The minimum absolute atomic E-state index is 0.0347. The van der Waals surface area contributed by atoms with Crippen LogP contribution in [0.4, 0.5) is 10.5 Å². The molecule has 0 radical (unpaired) electrons. The second-order valence-corrected chi connectivity index (χ2v) is 8.56. The molecule has 3 aliphatic heterocycles. The number of hydrogen-bond acceptors (Lipinski definition) is 4. The van der Waals surface area contributed by atoms with Crippen molar-refractivity contribution < 1.29 is 14.3 Å². The fourth-order valence-corrected chi connectivity index (χ4v) is 5.21. The van der Waals surface area contributed by atoms with Gasteiger partial charge in [-0.05, 0) is 49.9 Å². The lowest BCUT2D eigenvalue weighted by molar-refractivity contribution is -0.116. The summed E-state index contributed by atoms with van der Waals surface area (Å²) in [5.41, 5.74) is 2.50. The number of para-hydroxylation sites is 1. The molecule has 3 heterocycles. The van der Waals surface area contributed by atoms with Crippen molar-refractivity contribution in [3.05, 3.63) is 29.8 Å². The molecule has 154 valence electrons. The van der Waals surface area contributed by atoms with Crippen LogP contribution in [0.1, 0.15) is 31.7 Å². The Morgan fingerprint density at radius 2 is 2.00 bits per heavy atom. The van der Waals surface area contributed by atoms with E-state index in [1.54, 1.807) is 11.8 Å². The molecule has 0 saturated carbocycles. The van der Waals surface area contributed by atoms with Crippen LogP contribution in [0, 0.1) is 18.3 Å². The van der Waals surface area contributed by atoms with Gasteiger partial charge in [0.1, 0.15) is 0 Å². The summed E-state index contributed by atoms with van der Waals surface area (Å²) in [4.78, 5) is 30.4. The highest BCUT2D eigenvalue weighted by atomic mass is 16.6. The van der Waals surface area contributed by atoms with E-state index in [0.29, 0.717) is 5.92 Å². The fraction of sp³-hybridized carbons (Fsp3) is 0.565. The number of carbonyl (C=O) groups excluding carboxylic acids is 2. The topological polar surface area (TPSA) is 53.1 Å². The van der Waals surface area contributed by atoms with E-state index in [0.717, 1.165) is 64.2 Å². The van der Waals surface area contributed by atoms with Gasteiger partial charge < -0.3 is 19.4 Å². The van der Waals surface area contributed by atoms with Crippen molar-refractivity contribution in [3.8, 4) is 12.3 Å². The van der Waals surface area contributed by atoms with Crippen LogP contribution in [0.3, 0.4) is 0 Å². The lowest BCUT2D eigenvalue weighted by atomic mass is 9.74. The largest absolute Gasteiger partial charge is 0.436 e. The standard InChI is InChI=1S/C23H29N3O3/c1-3-14-29-22(28)25-11-8-19(16-25)15-24-12-9-23(10-13-24)17-26(18(2)27)21-7-5-4-6-20(21)23/h1,4-7,19H,8-17H2,2H3/t19-/m1/s1. The molecule has 1 aromatic carbocycles. The van der Waals surface area contributed by atoms with Crippen molar-refractivity contribution in [1.82, 2.24) is 9.80 Å². The molecule has 3 aliphatic rings. The number of piperidine rings is 1. The third-order valence-electron chi connectivity index (χ3n) is 6.76. The highest BCUT2D eigenvalue weighted by Crippen LogP contribution is 2.47. The maximum absolute atomic E-state index is 12.1. The van der Waals surface area contributed by atoms with Gasteiger partial charge in [-0.15, -0.1) is 6.42 Å². The highest BCUT2D eigenvalue weighted by Gasteiger charge is 2.45. The number of carbonyl (C=O) groups is 2. The number of hydrogen-bond donors (Lipinski definition) is 0. The van der Waals surface area contributed by atoms with Gasteiger partial charge in [-0.3, -0.25) is 4.79 Å². The zero-order chi connectivity index (χ0) is 20.4. The van der Waals surface area contributed by atoms with Gasteiger partial charge in [-0.2, -0.15) is 0 Å². The molecule has 2 amide bonds. The van der Waals surface area contributed by atoms with Crippen LogP contribution in [0.5, 0.6) is 0 Å². The van der Waals surface area contributed by atoms with Gasteiger partial charge >= 0.3 is 6.09 Å². The van der Waals surface area contributed by atoms with Gasteiger partial charge in [-0.1, -0.05) is 24.1 Å². The van der Waals surface area contributed by atoms with E-state index < -0.39 is 0 Å². The van der Waals surface area contributed by atoms with Crippen LogP contribution >= 0.6 is 0 Å². The van der Waals surface area contributed by atoms with E-state index in [4.69, 9.17) is 11.2 Å². The molecule has 0 aromatic heterocycles. The number of ether oxygens (including phenoxy) is 1. The number of benzene rings is 1. The lowest BCUT2D eigenvalue weighted by Crippen LogP contribution is -2.47. The van der Waals surface area contributed by atoms with Gasteiger partial charge in [0.2, 0.25) is 5.91 Å². The van der Waals surface area contributed by atoms with Crippen molar-refractivity contribution in [2.24, 2.45) is 5.92 Å². The summed E-state index contributed by atoms with van der Waals surface area (Å²) in [6, 6.07) is 8.38. The van der Waals surface area contributed by atoms with Crippen LogP contribution < -0.4 is 4.90 Å². The molecule has 2 fully saturated rings. The average molecular weight is 396 g/mol. The van der Waals surface area contributed by atoms with E-state index in [2.05, 4.69) is 29.0 Å². The van der Waals surface area contributed by atoms with E-state index in [9.17, 15) is 9.59 Å². The fourth-order valence-electron chi connectivity index (χ4n) is 5.21. The maximum atomic E-state index is 12.1. The summed E-state index contributed by atoms with van der Waals surface area (Å²) in [6.07, 6.45) is 8.00. The van der Waals surface area contributed by atoms with Crippen LogP contribution in [0.25, 0.3) is 0 Å². The van der Waals surface area contributed by atoms with Crippen LogP contribution in [0.15, 0.2) is 24.3 Å². The first-order chi connectivity index (χ1) is 14.0. The Morgan fingerprint density at radius 1 is 1.24 bits per heavy atom. The Bertz CT molecular complexity index is 823. The monoisotopic (exact) mass is 395 g/mol. The first-order valence-corrected chi connectivity index (χ1v) is 10.5. The quantitative estimate of drug-likeness (QED) is 0.738. The maximum Gasteiger partial charge on any atom is 0.410 e. The van der Waals surface area contributed by atoms with E-state index in [1.165, 1.54) is 5.56 Å². The van der Waals surface area contributed by atoms with Crippen molar-refractivity contribution in [2.75, 3.05) is 50.8 Å².